The Labute approximate surface area is 134 Å². The summed E-state index contributed by atoms with van der Waals surface area (Å²) in [6.45, 7) is 5.39. The predicted molar refractivity (Wildman–Crippen MR) is 83.7 cm³/mol. The lowest BCUT2D eigenvalue weighted by Gasteiger charge is -2.38. The second-order valence-electron chi connectivity index (χ2n) is 5.99. The van der Waals surface area contributed by atoms with E-state index in [2.05, 4.69) is 25.5 Å². The largest absolute Gasteiger partial charge is 0.360 e. The molecule has 124 valence electrons. The van der Waals surface area contributed by atoms with E-state index in [9.17, 15) is 4.79 Å². The molecule has 1 aliphatic heterocycles. The maximum Gasteiger partial charge on any atom is 0.242 e. The number of nitrogens with zero attached hydrogens (tertiary/aromatic N) is 5. The molecule has 1 aliphatic rings. The Morgan fingerprint density at radius 1 is 1.52 bits per heavy atom. The van der Waals surface area contributed by atoms with Gasteiger partial charge in [-0.3, -0.25) is 14.4 Å². The van der Waals surface area contributed by atoms with Gasteiger partial charge < -0.3 is 9.84 Å². The van der Waals surface area contributed by atoms with Crippen molar-refractivity contribution in [2.24, 2.45) is 0 Å². The fourth-order valence-corrected chi connectivity index (χ4v) is 3.08. The summed E-state index contributed by atoms with van der Waals surface area (Å²) in [5.41, 5.74) is 0. The van der Waals surface area contributed by atoms with E-state index in [4.69, 9.17) is 4.52 Å². The summed E-state index contributed by atoms with van der Waals surface area (Å²) in [5.74, 6) is 1.07. The van der Waals surface area contributed by atoms with Gasteiger partial charge in [0.05, 0.1) is 12.6 Å². The van der Waals surface area contributed by atoms with Crippen molar-refractivity contribution in [3.8, 4) is 0 Å². The molecular formula is C15H22N6O2. The molecule has 0 unspecified atom stereocenters. The van der Waals surface area contributed by atoms with E-state index in [0.29, 0.717) is 11.6 Å². The van der Waals surface area contributed by atoms with Crippen molar-refractivity contribution in [2.75, 3.05) is 11.9 Å². The SMILES string of the molecule is Cc1cc(NC(=O)[C@H](C)N2CCCC[C@@H]2Cn2cncn2)no1. The van der Waals surface area contributed by atoms with E-state index >= 15 is 0 Å². The van der Waals surface area contributed by atoms with Gasteiger partial charge in [-0.25, -0.2) is 4.98 Å². The first kappa shape index (κ1) is 15.7. The molecule has 1 amide bonds. The van der Waals surface area contributed by atoms with Gasteiger partial charge >= 0.3 is 0 Å². The molecule has 3 heterocycles. The van der Waals surface area contributed by atoms with Crippen LogP contribution >= 0.6 is 0 Å². The number of hydrogen-bond donors (Lipinski definition) is 1. The number of amides is 1. The zero-order valence-electron chi connectivity index (χ0n) is 13.5. The molecule has 0 bridgehead atoms. The monoisotopic (exact) mass is 318 g/mol. The molecule has 8 nitrogen and oxygen atoms in total. The Morgan fingerprint density at radius 2 is 2.39 bits per heavy atom. The summed E-state index contributed by atoms with van der Waals surface area (Å²) in [7, 11) is 0. The quantitative estimate of drug-likeness (QED) is 0.897. The molecule has 1 fully saturated rings. The highest BCUT2D eigenvalue weighted by atomic mass is 16.5. The Morgan fingerprint density at radius 3 is 3.09 bits per heavy atom. The number of anilines is 1. The van der Waals surface area contributed by atoms with Crippen LogP contribution in [0.5, 0.6) is 0 Å². The van der Waals surface area contributed by atoms with Crippen LogP contribution < -0.4 is 5.32 Å². The number of rotatable bonds is 5. The van der Waals surface area contributed by atoms with Gasteiger partial charge in [0.1, 0.15) is 18.4 Å². The van der Waals surface area contributed by atoms with Gasteiger partial charge in [-0.15, -0.1) is 0 Å². The molecule has 1 N–H and O–H groups in total. The van der Waals surface area contributed by atoms with Crippen LogP contribution in [-0.2, 0) is 11.3 Å². The Balaban J connectivity index is 1.65. The molecule has 3 rings (SSSR count). The highest BCUT2D eigenvalue weighted by molar-refractivity contribution is 5.93. The fraction of sp³-hybridized carbons (Fsp3) is 0.600. The van der Waals surface area contributed by atoms with Gasteiger partial charge in [-0.2, -0.15) is 5.10 Å². The van der Waals surface area contributed by atoms with Crippen molar-refractivity contribution in [1.29, 1.82) is 0 Å². The maximum absolute atomic E-state index is 12.5. The molecule has 8 heteroatoms. The minimum absolute atomic E-state index is 0.0659. The van der Waals surface area contributed by atoms with Gasteiger partial charge in [0.25, 0.3) is 0 Å². The highest BCUT2D eigenvalue weighted by Crippen LogP contribution is 2.21. The number of carbonyl (C=O) groups is 1. The summed E-state index contributed by atoms with van der Waals surface area (Å²) in [4.78, 5) is 18.7. The van der Waals surface area contributed by atoms with Crippen LogP contribution in [0.4, 0.5) is 5.82 Å². The average Bonchev–Trinajstić information content (AvgIpc) is 3.19. The van der Waals surface area contributed by atoms with E-state index < -0.39 is 0 Å². The first-order valence-electron chi connectivity index (χ1n) is 7.96. The number of piperidine rings is 1. The molecule has 1 saturated heterocycles. The van der Waals surface area contributed by atoms with Crippen molar-refractivity contribution < 1.29 is 9.32 Å². The van der Waals surface area contributed by atoms with Crippen LogP contribution in [0.1, 0.15) is 31.9 Å². The van der Waals surface area contributed by atoms with E-state index in [0.717, 1.165) is 25.9 Å². The molecule has 0 spiro atoms. The van der Waals surface area contributed by atoms with Crippen molar-refractivity contribution in [2.45, 2.75) is 51.7 Å². The number of likely N-dealkylation sites (tertiary alicyclic amines) is 1. The Hall–Kier alpha value is -2.22. The third-order valence-corrected chi connectivity index (χ3v) is 4.29. The second kappa shape index (κ2) is 6.91. The topological polar surface area (TPSA) is 89.1 Å². The zero-order chi connectivity index (χ0) is 16.2. The maximum atomic E-state index is 12.5. The van der Waals surface area contributed by atoms with E-state index in [-0.39, 0.29) is 18.0 Å². The molecule has 2 atom stereocenters. The van der Waals surface area contributed by atoms with Gasteiger partial charge in [0, 0.05) is 12.1 Å². The molecule has 23 heavy (non-hydrogen) atoms. The highest BCUT2D eigenvalue weighted by Gasteiger charge is 2.31. The lowest BCUT2D eigenvalue weighted by molar-refractivity contribution is -0.122. The number of hydrogen-bond acceptors (Lipinski definition) is 6. The van der Waals surface area contributed by atoms with E-state index in [1.165, 1.54) is 12.7 Å². The second-order valence-corrected chi connectivity index (χ2v) is 5.99. The van der Waals surface area contributed by atoms with Crippen LogP contribution in [0.2, 0.25) is 0 Å². The number of aromatic nitrogens is 4. The lowest BCUT2D eigenvalue weighted by Crippen LogP contribution is -2.51. The average molecular weight is 318 g/mol. The fourth-order valence-electron chi connectivity index (χ4n) is 3.08. The van der Waals surface area contributed by atoms with E-state index in [1.807, 2.05) is 11.6 Å². The Kier molecular flexibility index (Phi) is 4.71. The van der Waals surface area contributed by atoms with Gasteiger partial charge in [0.15, 0.2) is 5.82 Å². The Bertz CT molecular complexity index is 638. The van der Waals surface area contributed by atoms with Crippen LogP contribution in [0.3, 0.4) is 0 Å². The number of aryl methyl sites for hydroxylation is 1. The van der Waals surface area contributed by atoms with Crippen LogP contribution in [0.25, 0.3) is 0 Å². The van der Waals surface area contributed by atoms with Gasteiger partial charge in [-0.1, -0.05) is 11.6 Å². The van der Waals surface area contributed by atoms with Crippen LogP contribution in [0.15, 0.2) is 23.2 Å². The zero-order valence-corrected chi connectivity index (χ0v) is 13.5. The predicted octanol–water partition coefficient (Wildman–Crippen LogP) is 1.46. The number of nitrogens with one attached hydrogen (secondary N) is 1. The smallest absolute Gasteiger partial charge is 0.242 e. The van der Waals surface area contributed by atoms with E-state index in [1.54, 1.807) is 19.3 Å². The molecule has 2 aromatic rings. The third kappa shape index (κ3) is 3.76. The molecule has 0 saturated carbocycles. The van der Waals surface area contributed by atoms with Crippen molar-refractivity contribution in [3.05, 3.63) is 24.5 Å². The summed E-state index contributed by atoms with van der Waals surface area (Å²) in [6.07, 6.45) is 6.59. The van der Waals surface area contributed by atoms with Crippen molar-refractivity contribution >= 4 is 11.7 Å². The van der Waals surface area contributed by atoms with Crippen LogP contribution in [-0.4, -0.2) is 49.4 Å². The minimum atomic E-state index is -0.235. The number of carbonyl (C=O) groups excluding carboxylic acids is 1. The standard InChI is InChI=1S/C15H22N6O2/c1-11-7-14(19-23-11)18-15(22)12(2)21-6-4-3-5-13(21)8-20-10-16-9-17-20/h7,9-10,12-13H,3-6,8H2,1-2H3,(H,18,19,22)/t12-,13+/m0/s1. The minimum Gasteiger partial charge on any atom is -0.360 e. The van der Waals surface area contributed by atoms with Gasteiger partial charge in [0.2, 0.25) is 5.91 Å². The lowest BCUT2D eigenvalue weighted by atomic mass is 9.99. The van der Waals surface area contributed by atoms with Crippen LogP contribution in [0, 0.1) is 6.92 Å². The first-order valence-corrected chi connectivity index (χ1v) is 7.96. The molecular weight excluding hydrogens is 296 g/mol. The summed E-state index contributed by atoms with van der Waals surface area (Å²) in [6, 6.07) is 1.76. The summed E-state index contributed by atoms with van der Waals surface area (Å²) in [5, 5.41) is 10.8. The molecule has 0 radical (unpaired) electrons. The normalized spacial score (nSPS) is 20.3. The van der Waals surface area contributed by atoms with Crippen molar-refractivity contribution in [1.82, 2.24) is 24.8 Å². The first-order chi connectivity index (χ1) is 11.1. The molecule has 0 aromatic carbocycles. The van der Waals surface area contributed by atoms with Gasteiger partial charge in [-0.05, 0) is 33.2 Å². The van der Waals surface area contributed by atoms with Crippen molar-refractivity contribution in [3.63, 3.8) is 0 Å². The summed E-state index contributed by atoms with van der Waals surface area (Å²) >= 11 is 0. The summed E-state index contributed by atoms with van der Waals surface area (Å²) < 4.78 is 6.81. The molecule has 0 aliphatic carbocycles. The molecule has 2 aromatic heterocycles. The third-order valence-electron chi connectivity index (χ3n) is 4.29.